The zero-order chi connectivity index (χ0) is 10.6. The molecule has 0 fully saturated rings. The van der Waals surface area contributed by atoms with Gasteiger partial charge in [0.1, 0.15) is 0 Å². The molecule has 4 nitrogen and oxygen atoms in total. The van der Waals surface area contributed by atoms with Crippen molar-refractivity contribution in [2.24, 2.45) is 0 Å². The van der Waals surface area contributed by atoms with E-state index in [1.807, 2.05) is 0 Å². The van der Waals surface area contributed by atoms with Crippen LogP contribution >= 0.6 is 0 Å². The number of nitrogens with one attached hydrogen (secondary N) is 1. The lowest BCUT2D eigenvalue weighted by atomic mass is 10.2. The Kier molecular flexibility index (Phi) is 3.53. The Bertz CT molecular complexity index is 311. The molecular weight excluding hydrogens is 187 g/mol. The van der Waals surface area contributed by atoms with Gasteiger partial charge in [-0.15, -0.1) is 0 Å². The van der Waals surface area contributed by atoms with Crippen LogP contribution in [0.1, 0.15) is 17.3 Å². The number of halogens is 1. The predicted molar refractivity (Wildman–Crippen MR) is 48.2 cm³/mol. The minimum absolute atomic E-state index is 0.163. The van der Waals surface area contributed by atoms with Crippen molar-refractivity contribution < 1.29 is 14.3 Å². The second kappa shape index (κ2) is 4.66. The summed E-state index contributed by atoms with van der Waals surface area (Å²) >= 11 is 0. The smallest absolute Gasteiger partial charge is 0.252 e. The van der Waals surface area contributed by atoms with Crippen LogP contribution < -0.4 is 5.32 Å². The van der Waals surface area contributed by atoms with Crippen molar-refractivity contribution in [3.8, 4) is 0 Å². The van der Waals surface area contributed by atoms with Crippen molar-refractivity contribution in [2.75, 3.05) is 6.54 Å². The van der Waals surface area contributed by atoms with Gasteiger partial charge in [-0.05, 0) is 19.1 Å². The fourth-order valence-electron chi connectivity index (χ4n) is 0.853. The zero-order valence-electron chi connectivity index (χ0n) is 7.70. The summed E-state index contributed by atoms with van der Waals surface area (Å²) < 4.78 is 12.4. The Labute approximate surface area is 80.8 Å². The lowest BCUT2D eigenvalue weighted by Gasteiger charge is -2.06. The molecule has 0 aliphatic heterocycles. The van der Waals surface area contributed by atoms with Gasteiger partial charge >= 0.3 is 0 Å². The Hall–Kier alpha value is -1.49. The average Bonchev–Trinajstić information content (AvgIpc) is 2.15. The largest absolute Gasteiger partial charge is 0.392 e. The Morgan fingerprint density at radius 1 is 1.71 bits per heavy atom. The molecule has 0 radical (unpaired) electrons. The number of aliphatic hydroxyl groups is 1. The van der Waals surface area contributed by atoms with Gasteiger partial charge in [0, 0.05) is 12.7 Å². The molecule has 1 atom stereocenters. The third-order valence-corrected chi connectivity index (χ3v) is 1.55. The van der Waals surface area contributed by atoms with Gasteiger partial charge in [0.2, 0.25) is 5.95 Å². The van der Waals surface area contributed by atoms with Gasteiger partial charge in [0.25, 0.3) is 5.91 Å². The lowest BCUT2D eigenvalue weighted by molar-refractivity contribution is 0.0923. The van der Waals surface area contributed by atoms with Gasteiger partial charge in [0.15, 0.2) is 0 Å². The highest BCUT2D eigenvalue weighted by molar-refractivity contribution is 5.93. The Morgan fingerprint density at radius 3 is 2.93 bits per heavy atom. The van der Waals surface area contributed by atoms with E-state index in [4.69, 9.17) is 5.11 Å². The van der Waals surface area contributed by atoms with Gasteiger partial charge < -0.3 is 10.4 Å². The maximum atomic E-state index is 12.4. The van der Waals surface area contributed by atoms with E-state index < -0.39 is 12.1 Å². The summed E-state index contributed by atoms with van der Waals surface area (Å²) in [6, 6.07) is 2.44. The number of nitrogens with zero attached hydrogens (tertiary/aromatic N) is 1. The highest BCUT2D eigenvalue weighted by Gasteiger charge is 2.06. The van der Waals surface area contributed by atoms with E-state index in [9.17, 15) is 9.18 Å². The predicted octanol–water partition coefficient (Wildman–Crippen LogP) is 0.331. The molecule has 14 heavy (non-hydrogen) atoms. The summed E-state index contributed by atoms with van der Waals surface area (Å²) in [7, 11) is 0. The fraction of sp³-hybridized carbons (Fsp3) is 0.333. The van der Waals surface area contributed by atoms with Crippen LogP contribution in [0, 0.1) is 5.95 Å². The molecule has 1 amide bonds. The second-order valence-corrected chi connectivity index (χ2v) is 2.93. The fourth-order valence-corrected chi connectivity index (χ4v) is 0.853. The number of aliphatic hydroxyl groups excluding tert-OH is 1. The van der Waals surface area contributed by atoms with E-state index in [-0.39, 0.29) is 18.0 Å². The number of rotatable bonds is 3. The number of aromatic nitrogens is 1. The number of amides is 1. The summed E-state index contributed by atoms with van der Waals surface area (Å²) in [5.74, 6) is -1.00. The normalized spacial score (nSPS) is 12.2. The maximum Gasteiger partial charge on any atom is 0.252 e. The van der Waals surface area contributed by atoms with Gasteiger partial charge in [-0.2, -0.15) is 4.39 Å². The van der Waals surface area contributed by atoms with Crippen molar-refractivity contribution >= 4 is 5.91 Å². The summed E-state index contributed by atoms with van der Waals surface area (Å²) in [5, 5.41) is 11.4. The van der Waals surface area contributed by atoms with Gasteiger partial charge in [-0.25, -0.2) is 4.98 Å². The molecule has 1 aromatic rings. The molecule has 0 spiro atoms. The van der Waals surface area contributed by atoms with E-state index in [1.165, 1.54) is 6.07 Å². The van der Waals surface area contributed by atoms with Crippen LogP contribution in [0.2, 0.25) is 0 Å². The van der Waals surface area contributed by atoms with E-state index in [2.05, 4.69) is 10.3 Å². The number of pyridine rings is 1. The summed E-state index contributed by atoms with van der Waals surface area (Å²) in [6.45, 7) is 1.72. The molecular formula is C9H11FN2O2. The molecule has 0 saturated carbocycles. The first-order chi connectivity index (χ1) is 6.59. The number of carbonyl (C=O) groups is 1. The first-order valence-electron chi connectivity index (χ1n) is 4.17. The Balaban J connectivity index is 2.57. The molecule has 0 aliphatic rings. The lowest BCUT2D eigenvalue weighted by Crippen LogP contribution is -2.30. The topological polar surface area (TPSA) is 62.2 Å². The van der Waals surface area contributed by atoms with Crippen molar-refractivity contribution in [1.82, 2.24) is 10.3 Å². The summed E-state index contributed by atoms with van der Waals surface area (Å²) in [6.07, 6.45) is 0.541. The third-order valence-electron chi connectivity index (χ3n) is 1.55. The molecule has 1 heterocycles. The van der Waals surface area contributed by atoms with Gasteiger partial charge in [-0.1, -0.05) is 0 Å². The van der Waals surface area contributed by atoms with Crippen LogP contribution in [0.4, 0.5) is 4.39 Å². The third kappa shape index (κ3) is 3.10. The van der Waals surface area contributed by atoms with Crippen LogP contribution in [-0.2, 0) is 0 Å². The monoisotopic (exact) mass is 198 g/mol. The van der Waals surface area contributed by atoms with Gasteiger partial charge in [0.05, 0.1) is 11.7 Å². The summed E-state index contributed by atoms with van der Waals surface area (Å²) in [4.78, 5) is 14.6. The summed E-state index contributed by atoms with van der Waals surface area (Å²) in [5.41, 5.74) is 0.270. The first kappa shape index (κ1) is 10.6. The minimum atomic E-state index is -0.628. The van der Waals surface area contributed by atoms with Crippen LogP contribution in [0.15, 0.2) is 18.3 Å². The van der Waals surface area contributed by atoms with Crippen molar-refractivity contribution in [3.05, 3.63) is 29.8 Å². The van der Waals surface area contributed by atoms with Crippen LogP contribution in [0.3, 0.4) is 0 Å². The van der Waals surface area contributed by atoms with E-state index >= 15 is 0 Å². The first-order valence-corrected chi connectivity index (χ1v) is 4.17. The molecule has 5 heteroatoms. The Morgan fingerprint density at radius 2 is 2.43 bits per heavy atom. The molecule has 1 aromatic heterocycles. The van der Waals surface area contributed by atoms with Crippen molar-refractivity contribution in [2.45, 2.75) is 13.0 Å². The molecule has 0 aromatic carbocycles. The molecule has 0 bridgehead atoms. The van der Waals surface area contributed by atoms with E-state index in [0.717, 1.165) is 12.3 Å². The quantitative estimate of drug-likeness (QED) is 0.688. The highest BCUT2D eigenvalue weighted by atomic mass is 19.1. The molecule has 0 saturated heterocycles. The SMILES string of the molecule is C[C@H](O)CNC(=O)c1ccc(F)nc1. The maximum absolute atomic E-state index is 12.4. The van der Waals surface area contributed by atoms with Crippen molar-refractivity contribution in [3.63, 3.8) is 0 Å². The van der Waals surface area contributed by atoms with Crippen molar-refractivity contribution in [1.29, 1.82) is 0 Å². The standard InChI is InChI=1S/C9H11FN2O2/c1-6(13)4-12-9(14)7-2-3-8(10)11-5-7/h2-3,5-6,13H,4H2,1H3,(H,12,14)/t6-/m0/s1. The zero-order valence-corrected chi connectivity index (χ0v) is 7.70. The van der Waals surface area contributed by atoms with Gasteiger partial charge in [-0.3, -0.25) is 4.79 Å². The number of hydrogen-bond donors (Lipinski definition) is 2. The number of hydrogen-bond acceptors (Lipinski definition) is 3. The van der Waals surface area contributed by atoms with Crippen LogP contribution in [-0.4, -0.2) is 28.6 Å². The minimum Gasteiger partial charge on any atom is -0.392 e. The molecule has 0 unspecified atom stereocenters. The molecule has 76 valence electrons. The van der Waals surface area contributed by atoms with E-state index in [0.29, 0.717) is 0 Å². The average molecular weight is 198 g/mol. The van der Waals surface area contributed by atoms with Crippen LogP contribution in [0.5, 0.6) is 0 Å². The van der Waals surface area contributed by atoms with E-state index in [1.54, 1.807) is 6.92 Å². The number of carbonyl (C=O) groups excluding carboxylic acids is 1. The second-order valence-electron chi connectivity index (χ2n) is 2.93. The highest BCUT2D eigenvalue weighted by Crippen LogP contribution is 1.98. The molecule has 1 rings (SSSR count). The van der Waals surface area contributed by atoms with Crippen LogP contribution in [0.25, 0.3) is 0 Å². The molecule has 0 aliphatic carbocycles. The molecule has 2 N–H and O–H groups in total.